The van der Waals surface area contributed by atoms with E-state index in [1.807, 2.05) is 30.3 Å². The lowest BCUT2D eigenvalue weighted by Crippen LogP contribution is -2.42. The zero-order chi connectivity index (χ0) is 18.1. The summed E-state index contributed by atoms with van der Waals surface area (Å²) >= 11 is 0. The van der Waals surface area contributed by atoms with Crippen LogP contribution >= 0.6 is 0 Å². The number of halogens is 2. The van der Waals surface area contributed by atoms with Crippen LogP contribution in [0.4, 0.5) is 8.78 Å². The van der Waals surface area contributed by atoms with E-state index in [1.165, 1.54) is 0 Å². The minimum absolute atomic E-state index is 0.0691. The molecule has 2 fully saturated rings. The van der Waals surface area contributed by atoms with Crippen molar-refractivity contribution >= 4 is 5.91 Å². The minimum atomic E-state index is -2.69. The van der Waals surface area contributed by atoms with Gasteiger partial charge in [-0.15, -0.1) is 0 Å². The summed E-state index contributed by atoms with van der Waals surface area (Å²) in [5, 5.41) is 7.29. The first-order chi connectivity index (χ1) is 12.5. The first-order valence-corrected chi connectivity index (χ1v) is 9.16. The molecule has 1 N–H and O–H groups in total. The summed E-state index contributed by atoms with van der Waals surface area (Å²) in [6, 6.07) is 9.70. The van der Waals surface area contributed by atoms with Gasteiger partial charge in [0.15, 0.2) is 5.82 Å². The molecule has 1 aromatic carbocycles. The Labute approximate surface area is 150 Å². The zero-order valence-electron chi connectivity index (χ0n) is 14.5. The van der Waals surface area contributed by atoms with Crippen molar-refractivity contribution in [1.82, 2.24) is 20.1 Å². The molecule has 1 aromatic heterocycles. The number of hydrogen-bond donors (Lipinski definition) is 1. The molecule has 2 unspecified atom stereocenters. The van der Waals surface area contributed by atoms with E-state index in [4.69, 9.17) is 0 Å². The van der Waals surface area contributed by atoms with E-state index < -0.39 is 11.8 Å². The maximum atomic E-state index is 13.4. The molecule has 1 saturated heterocycles. The lowest BCUT2D eigenvalue weighted by Gasteiger charge is -2.33. The summed E-state index contributed by atoms with van der Waals surface area (Å²) in [6.45, 7) is 1.15. The van der Waals surface area contributed by atoms with Crippen molar-refractivity contribution in [3.63, 3.8) is 0 Å². The largest absolute Gasteiger partial charge is 0.342 e. The summed E-state index contributed by atoms with van der Waals surface area (Å²) in [6.07, 6.45) is 1.55. The standard InChI is InChI=1S/C19H22F2N4O/c20-19(21)9-8-14(11-19)18(26)25-10-4-7-15(12-25)17-22-16(23-24-17)13-5-2-1-3-6-13/h1-3,5-6,14-15H,4,7-12H2,(H,22,23,24). The Morgan fingerprint density at radius 3 is 2.77 bits per heavy atom. The van der Waals surface area contributed by atoms with Crippen molar-refractivity contribution in [1.29, 1.82) is 0 Å². The molecule has 1 aliphatic heterocycles. The highest BCUT2D eigenvalue weighted by Crippen LogP contribution is 2.40. The van der Waals surface area contributed by atoms with E-state index in [0.717, 1.165) is 24.2 Å². The van der Waals surface area contributed by atoms with E-state index in [1.54, 1.807) is 4.90 Å². The molecule has 2 atom stereocenters. The van der Waals surface area contributed by atoms with E-state index in [-0.39, 0.29) is 31.1 Å². The third-order valence-corrected chi connectivity index (χ3v) is 5.41. The monoisotopic (exact) mass is 360 g/mol. The van der Waals surface area contributed by atoms with Gasteiger partial charge in [-0.05, 0) is 19.3 Å². The summed E-state index contributed by atoms with van der Waals surface area (Å²) in [5.41, 5.74) is 0.937. The number of amides is 1. The summed E-state index contributed by atoms with van der Waals surface area (Å²) in [7, 11) is 0. The Kier molecular flexibility index (Phi) is 4.46. The van der Waals surface area contributed by atoms with E-state index >= 15 is 0 Å². The highest BCUT2D eigenvalue weighted by Gasteiger charge is 2.44. The number of likely N-dealkylation sites (tertiary alicyclic amines) is 1. The number of aromatic nitrogens is 3. The van der Waals surface area contributed by atoms with Gasteiger partial charge in [0.05, 0.1) is 0 Å². The number of carbonyl (C=O) groups is 1. The maximum absolute atomic E-state index is 13.4. The Balaban J connectivity index is 1.44. The van der Waals surface area contributed by atoms with Gasteiger partial charge in [0.25, 0.3) is 0 Å². The Morgan fingerprint density at radius 1 is 1.23 bits per heavy atom. The van der Waals surface area contributed by atoms with Crippen molar-refractivity contribution in [2.45, 2.75) is 43.9 Å². The predicted octanol–water partition coefficient (Wildman–Crippen LogP) is 3.61. The van der Waals surface area contributed by atoms with Crippen LogP contribution in [0.25, 0.3) is 11.4 Å². The highest BCUT2D eigenvalue weighted by molar-refractivity contribution is 5.79. The molecular weight excluding hydrogens is 338 g/mol. The van der Waals surface area contributed by atoms with Crippen molar-refractivity contribution in [3.8, 4) is 11.4 Å². The SMILES string of the molecule is O=C(C1CCC(F)(F)C1)N1CCCC(c2nc(-c3ccccc3)n[nH]2)C1. The van der Waals surface area contributed by atoms with Crippen LogP contribution in [0, 0.1) is 5.92 Å². The normalized spacial score (nSPS) is 25.4. The van der Waals surface area contributed by atoms with Gasteiger partial charge in [0.2, 0.25) is 11.8 Å². The molecule has 26 heavy (non-hydrogen) atoms. The van der Waals surface area contributed by atoms with E-state index in [0.29, 0.717) is 18.9 Å². The van der Waals surface area contributed by atoms with Crippen LogP contribution < -0.4 is 0 Å². The van der Waals surface area contributed by atoms with Gasteiger partial charge in [0.1, 0.15) is 5.82 Å². The van der Waals surface area contributed by atoms with E-state index in [2.05, 4.69) is 15.2 Å². The molecule has 1 aliphatic carbocycles. The number of nitrogens with zero attached hydrogens (tertiary/aromatic N) is 3. The van der Waals surface area contributed by atoms with Crippen molar-refractivity contribution in [2.24, 2.45) is 5.92 Å². The first-order valence-electron chi connectivity index (χ1n) is 9.16. The zero-order valence-corrected chi connectivity index (χ0v) is 14.5. The van der Waals surface area contributed by atoms with Crippen LogP contribution in [0.2, 0.25) is 0 Å². The molecule has 0 spiro atoms. The molecular formula is C19H22F2N4O. The fourth-order valence-electron chi connectivity index (χ4n) is 3.99. The second-order valence-corrected chi connectivity index (χ2v) is 7.33. The van der Waals surface area contributed by atoms with Crippen LogP contribution in [0.3, 0.4) is 0 Å². The molecule has 7 heteroatoms. The fourth-order valence-corrected chi connectivity index (χ4v) is 3.99. The molecule has 0 bridgehead atoms. The van der Waals surface area contributed by atoms with Gasteiger partial charge >= 0.3 is 0 Å². The number of hydrogen-bond acceptors (Lipinski definition) is 3. The fraction of sp³-hybridized carbons (Fsp3) is 0.526. The quantitative estimate of drug-likeness (QED) is 0.909. The molecule has 2 aromatic rings. The van der Waals surface area contributed by atoms with Gasteiger partial charge in [-0.1, -0.05) is 30.3 Å². The van der Waals surface area contributed by atoms with Gasteiger partial charge in [-0.3, -0.25) is 9.89 Å². The smallest absolute Gasteiger partial charge is 0.248 e. The Hall–Kier alpha value is -2.31. The molecule has 2 heterocycles. The number of aromatic amines is 1. The van der Waals surface area contributed by atoms with Crippen molar-refractivity contribution in [3.05, 3.63) is 36.2 Å². The topological polar surface area (TPSA) is 61.9 Å². The molecule has 4 rings (SSSR count). The van der Waals surface area contributed by atoms with E-state index in [9.17, 15) is 13.6 Å². The first kappa shape index (κ1) is 17.1. The van der Waals surface area contributed by atoms with Crippen molar-refractivity contribution in [2.75, 3.05) is 13.1 Å². The second-order valence-electron chi connectivity index (χ2n) is 7.33. The molecule has 1 amide bonds. The van der Waals surface area contributed by atoms with Crippen molar-refractivity contribution < 1.29 is 13.6 Å². The van der Waals surface area contributed by atoms with Crippen LogP contribution in [-0.4, -0.2) is 45.0 Å². The molecule has 5 nitrogen and oxygen atoms in total. The number of rotatable bonds is 3. The lowest BCUT2D eigenvalue weighted by atomic mass is 9.95. The third kappa shape index (κ3) is 3.48. The second kappa shape index (κ2) is 6.78. The summed E-state index contributed by atoms with van der Waals surface area (Å²) in [5.74, 6) is -1.89. The highest BCUT2D eigenvalue weighted by atomic mass is 19.3. The van der Waals surface area contributed by atoms with Crippen LogP contribution in [0.1, 0.15) is 43.8 Å². The van der Waals surface area contributed by atoms with Gasteiger partial charge in [0, 0.05) is 43.3 Å². The number of carbonyl (C=O) groups excluding carboxylic acids is 1. The average molecular weight is 360 g/mol. The predicted molar refractivity (Wildman–Crippen MR) is 92.7 cm³/mol. The third-order valence-electron chi connectivity index (χ3n) is 5.41. The molecule has 2 aliphatic rings. The molecule has 0 radical (unpaired) electrons. The molecule has 138 valence electrons. The molecule has 1 saturated carbocycles. The van der Waals surface area contributed by atoms with Crippen LogP contribution in [0.15, 0.2) is 30.3 Å². The number of nitrogens with one attached hydrogen (secondary N) is 1. The average Bonchev–Trinajstić information content (AvgIpc) is 3.29. The number of H-pyrrole nitrogens is 1. The number of alkyl halides is 2. The Bertz CT molecular complexity index is 777. The summed E-state index contributed by atoms with van der Waals surface area (Å²) in [4.78, 5) is 19.0. The van der Waals surface area contributed by atoms with Crippen LogP contribution in [0.5, 0.6) is 0 Å². The van der Waals surface area contributed by atoms with Gasteiger partial charge < -0.3 is 4.90 Å². The number of piperidine rings is 1. The summed E-state index contributed by atoms with van der Waals surface area (Å²) < 4.78 is 26.9. The Morgan fingerprint density at radius 2 is 2.04 bits per heavy atom. The lowest BCUT2D eigenvalue weighted by molar-refractivity contribution is -0.137. The maximum Gasteiger partial charge on any atom is 0.248 e. The minimum Gasteiger partial charge on any atom is -0.342 e. The van der Waals surface area contributed by atoms with Crippen LogP contribution in [-0.2, 0) is 4.79 Å². The van der Waals surface area contributed by atoms with Gasteiger partial charge in [-0.25, -0.2) is 13.8 Å². The van der Waals surface area contributed by atoms with Gasteiger partial charge in [-0.2, -0.15) is 5.10 Å². The number of benzene rings is 1.